The molecule has 0 aliphatic carbocycles. The highest BCUT2D eigenvalue weighted by Crippen LogP contribution is 2.21. The number of carboxylic acid groups (broad SMARTS) is 2. The summed E-state index contributed by atoms with van der Waals surface area (Å²) in [7, 11) is 0. The molecule has 0 aromatic heterocycles. The van der Waals surface area contributed by atoms with Crippen molar-refractivity contribution < 1.29 is 67.7 Å². The molecule has 2 rings (SSSR count). The summed E-state index contributed by atoms with van der Waals surface area (Å²) in [6.07, 6.45) is 1.39. The Bertz CT molecular complexity index is 2300. The standard InChI is InChI=1S/C55H90N12O14/c1-9-32(7)45(52(77)59-29-43(69)60-39(28-44(70)71)54(79)67-24-16-20-41(67)51(76)64-40(55(80)81)26-31(5)6)65-50(75)38(27-34-17-12-11-13-18-34)62-49(74)37(25-30(3)4)63-53(78)46(33(8)10-2)66-48(73)36(21-22-42(58)68)61-47(72)35(57)19-14-15-23-56/h11-13,17-18,30-33,35-41,45-46H,9-10,14-16,19-29,56-57H2,1-8H3,(H2,58,68)(H,59,77)(H,60,69)(H,61,72)(H,62,74)(H,63,78)(H,64,76)(H,65,75)(H,66,73)(H,70,71)(H,80,81)/t32-,33-,35-,36-,37-,38-,39-,40-,41-,45-,46-/m0/s1. The van der Waals surface area contributed by atoms with Gasteiger partial charge in [0.25, 0.3) is 0 Å². The van der Waals surface area contributed by atoms with Crippen molar-refractivity contribution in [1.82, 2.24) is 47.4 Å². The molecule has 81 heavy (non-hydrogen) atoms. The lowest BCUT2D eigenvalue weighted by atomic mass is 9.95. The first kappa shape index (κ1) is 69.9. The predicted octanol–water partition coefficient (Wildman–Crippen LogP) is -0.805. The van der Waals surface area contributed by atoms with Gasteiger partial charge in [-0.1, -0.05) is 105 Å². The van der Waals surface area contributed by atoms with Gasteiger partial charge in [0.05, 0.1) is 19.0 Å². The van der Waals surface area contributed by atoms with Gasteiger partial charge in [0.15, 0.2) is 0 Å². The minimum absolute atomic E-state index is 0.0216. The number of nitrogens with one attached hydrogen (secondary N) is 8. The number of carbonyl (C=O) groups excluding carboxylic acids is 10. The van der Waals surface area contributed by atoms with Gasteiger partial charge in [-0.15, -0.1) is 0 Å². The van der Waals surface area contributed by atoms with Crippen molar-refractivity contribution in [3.05, 3.63) is 35.9 Å². The molecule has 10 amide bonds. The third-order valence-electron chi connectivity index (χ3n) is 14.1. The highest BCUT2D eigenvalue weighted by atomic mass is 16.4. The van der Waals surface area contributed by atoms with Crippen LogP contribution in [0.2, 0.25) is 0 Å². The number of hydrogen-bond donors (Lipinski definition) is 13. The van der Waals surface area contributed by atoms with Gasteiger partial charge in [-0.05, 0) is 80.7 Å². The van der Waals surface area contributed by atoms with Crippen LogP contribution < -0.4 is 59.7 Å². The molecule has 0 radical (unpaired) electrons. The molecule has 1 saturated heterocycles. The molecule has 11 atom stereocenters. The lowest BCUT2D eigenvalue weighted by molar-refractivity contribution is -0.147. The highest BCUT2D eigenvalue weighted by Gasteiger charge is 2.41. The van der Waals surface area contributed by atoms with Crippen LogP contribution in [0.3, 0.4) is 0 Å². The first-order valence-corrected chi connectivity index (χ1v) is 28.1. The van der Waals surface area contributed by atoms with Gasteiger partial charge >= 0.3 is 11.9 Å². The highest BCUT2D eigenvalue weighted by molar-refractivity contribution is 5.99. The Balaban J connectivity index is 2.37. The predicted molar refractivity (Wildman–Crippen MR) is 298 cm³/mol. The van der Waals surface area contributed by atoms with Crippen LogP contribution in [0.5, 0.6) is 0 Å². The molecular weight excluding hydrogens is 1050 g/mol. The number of unbranched alkanes of at least 4 members (excludes halogenated alkanes) is 1. The molecule has 1 aliphatic heterocycles. The maximum atomic E-state index is 14.4. The molecule has 0 saturated carbocycles. The topological polar surface area (TPSA) is 423 Å². The molecule has 26 nitrogen and oxygen atoms in total. The minimum atomic E-state index is -1.68. The molecular formula is C55H90N12O14. The summed E-state index contributed by atoms with van der Waals surface area (Å²) in [6.45, 7) is 13.7. The zero-order valence-corrected chi connectivity index (χ0v) is 48.2. The smallest absolute Gasteiger partial charge is 0.326 e. The maximum Gasteiger partial charge on any atom is 0.326 e. The lowest BCUT2D eigenvalue weighted by Crippen LogP contribution is -2.61. The number of nitrogens with two attached hydrogens (primary N) is 3. The fourth-order valence-corrected chi connectivity index (χ4v) is 9.04. The Morgan fingerprint density at radius 1 is 0.630 bits per heavy atom. The van der Waals surface area contributed by atoms with Crippen LogP contribution in [0, 0.1) is 23.7 Å². The second-order valence-electron chi connectivity index (χ2n) is 21.8. The average molecular weight is 1140 g/mol. The number of aliphatic carboxylic acids is 2. The van der Waals surface area contributed by atoms with Gasteiger partial charge in [-0.3, -0.25) is 52.7 Å². The number of carboxylic acids is 2. The summed E-state index contributed by atoms with van der Waals surface area (Å²) in [4.78, 5) is 161. The van der Waals surface area contributed by atoms with Crippen molar-refractivity contribution in [2.24, 2.45) is 40.9 Å². The van der Waals surface area contributed by atoms with E-state index >= 15 is 0 Å². The van der Waals surface area contributed by atoms with Gasteiger partial charge in [-0.2, -0.15) is 0 Å². The summed E-state index contributed by atoms with van der Waals surface area (Å²) in [5.41, 5.74) is 17.6. The molecule has 454 valence electrons. The quantitative estimate of drug-likeness (QED) is 0.0363. The van der Waals surface area contributed by atoms with E-state index in [1.807, 2.05) is 0 Å². The average Bonchev–Trinajstić information content (AvgIpc) is 3.92. The molecule has 26 heteroatoms. The Kier molecular flexibility index (Phi) is 30.6. The fraction of sp³-hybridized carbons (Fsp3) is 0.673. The van der Waals surface area contributed by atoms with Gasteiger partial charge in [0.2, 0.25) is 59.1 Å². The minimum Gasteiger partial charge on any atom is -0.481 e. The number of benzene rings is 1. The van der Waals surface area contributed by atoms with E-state index in [1.54, 1.807) is 85.7 Å². The number of likely N-dealkylation sites (tertiary alicyclic amines) is 1. The van der Waals surface area contributed by atoms with Gasteiger partial charge in [-0.25, -0.2) is 4.79 Å². The van der Waals surface area contributed by atoms with Crippen LogP contribution in [0.4, 0.5) is 0 Å². The summed E-state index contributed by atoms with van der Waals surface area (Å²) in [5, 5.41) is 40.1. The van der Waals surface area contributed by atoms with Crippen molar-refractivity contribution in [2.45, 2.75) is 193 Å². The van der Waals surface area contributed by atoms with E-state index in [0.717, 1.165) is 4.90 Å². The summed E-state index contributed by atoms with van der Waals surface area (Å²) in [5.74, 6) is -12.1. The van der Waals surface area contributed by atoms with E-state index < -0.39 is 150 Å². The van der Waals surface area contributed by atoms with E-state index in [9.17, 15) is 67.7 Å². The number of rotatable bonds is 37. The van der Waals surface area contributed by atoms with Gasteiger partial charge < -0.3 is 74.8 Å². The third kappa shape index (κ3) is 24.6. The first-order valence-electron chi connectivity index (χ1n) is 28.1. The normalized spacial score (nSPS) is 16.8. The monoisotopic (exact) mass is 1140 g/mol. The summed E-state index contributed by atoms with van der Waals surface area (Å²) in [6, 6.07) is -2.94. The van der Waals surface area contributed by atoms with Crippen molar-refractivity contribution >= 4 is 71.0 Å². The van der Waals surface area contributed by atoms with Crippen LogP contribution in [0.1, 0.15) is 138 Å². The van der Waals surface area contributed by atoms with E-state index in [2.05, 4.69) is 42.5 Å². The SMILES string of the molecule is CC[C@H](C)[C@H](NC(=O)[C@H](Cc1ccccc1)NC(=O)[C@H](CC(C)C)NC(=O)[C@@H](NC(=O)[C@H](CCC(N)=O)NC(=O)[C@@H](N)CCCCN)[C@@H](C)CC)C(=O)NCC(=O)N[C@@H](CC(=O)O)C(=O)N1CCC[C@H]1C(=O)N[C@@H](CC(C)C)C(=O)O. The number of primary amides is 1. The van der Waals surface area contributed by atoms with Crippen LogP contribution in [-0.4, -0.2) is 160 Å². The van der Waals surface area contributed by atoms with Gasteiger partial charge in [0.1, 0.15) is 48.3 Å². The number of carbonyl (C=O) groups is 12. The van der Waals surface area contributed by atoms with E-state index in [1.165, 1.54) is 0 Å². The molecule has 0 unspecified atom stereocenters. The molecule has 16 N–H and O–H groups in total. The van der Waals surface area contributed by atoms with Crippen LogP contribution in [0.15, 0.2) is 30.3 Å². The van der Waals surface area contributed by atoms with E-state index in [0.29, 0.717) is 44.2 Å². The fourth-order valence-electron chi connectivity index (χ4n) is 9.04. The van der Waals surface area contributed by atoms with Gasteiger partial charge in [0, 0.05) is 19.4 Å². The summed E-state index contributed by atoms with van der Waals surface area (Å²) >= 11 is 0. The second-order valence-corrected chi connectivity index (χ2v) is 21.8. The van der Waals surface area contributed by atoms with Crippen molar-refractivity contribution in [3.8, 4) is 0 Å². The number of amides is 10. The Hall–Kier alpha value is -7.22. The zero-order chi connectivity index (χ0) is 61.1. The Morgan fingerprint density at radius 2 is 1.17 bits per heavy atom. The molecule has 1 aromatic carbocycles. The van der Waals surface area contributed by atoms with Crippen molar-refractivity contribution in [2.75, 3.05) is 19.6 Å². The van der Waals surface area contributed by atoms with Crippen molar-refractivity contribution in [3.63, 3.8) is 0 Å². The number of nitrogens with zero attached hydrogens (tertiary/aromatic N) is 1. The Morgan fingerprint density at radius 3 is 1.72 bits per heavy atom. The van der Waals surface area contributed by atoms with Crippen LogP contribution in [-0.2, 0) is 64.0 Å². The van der Waals surface area contributed by atoms with E-state index in [-0.39, 0.29) is 63.3 Å². The maximum absolute atomic E-state index is 14.4. The van der Waals surface area contributed by atoms with Crippen LogP contribution in [0.25, 0.3) is 0 Å². The number of hydrogen-bond acceptors (Lipinski definition) is 14. The third-order valence-corrected chi connectivity index (χ3v) is 14.1. The molecule has 0 bridgehead atoms. The lowest BCUT2D eigenvalue weighted by Gasteiger charge is -2.30. The molecule has 1 aromatic rings. The second kappa shape index (κ2) is 35.5. The van der Waals surface area contributed by atoms with Crippen LogP contribution >= 0.6 is 0 Å². The Labute approximate surface area is 474 Å². The van der Waals surface area contributed by atoms with Crippen molar-refractivity contribution in [1.29, 1.82) is 0 Å². The molecule has 1 aliphatic rings. The summed E-state index contributed by atoms with van der Waals surface area (Å²) < 4.78 is 0. The zero-order valence-electron chi connectivity index (χ0n) is 48.2. The molecule has 1 heterocycles. The first-order chi connectivity index (χ1) is 38.1. The van der Waals surface area contributed by atoms with E-state index in [4.69, 9.17) is 17.2 Å². The molecule has 1 fully saturated rings. The molecule has 0 spiro atoms. The largest absolute Gasteiger partial charge is 0.481 e.